The number of nitrogens with zero attached hydrogens (tertiary/aromatic N) is 8. The lowest BCUT2D eigenvalue weighted by Gasteiger charge is -2.42. The zero-order valence-corrected chi connectivity index (χ0v) is 40.7. The number of rotatable bonds is 10. The molecule has 8 heterocycles. The van der Waals surface area contributed by atoms with E-state index >= 15 is 13.6 Å². The molecule has 12 rings (SSSR count). The highest BCUT2D eigenvalue weighted by molar-refractivity contribution is 5.95. The minimum atomic E-state index is -0.981. The molecule has 5 fully saturated rings. The Morgan fingerprint density at radius 2 is 1.46 bits per heavy atom. The van der Waals surface area contributed by atoms with Crippen molar-refractivity contribution in [2.24, 2.45) is 0 Å². The van der Waals surface area contributed by atoms with Gasteiger partial charge >= 0.3 is 12.1 Å². The van der Waals surface area contributed by atoms with E-state index < -0.39 is 40.5 Å². The second kappa shape index (κ2) is 17.7. The first kappa shape index (κ1) is 46.2. The summed E-state index contributed by atoms with van der Waals surface area (Å²) >= 11 is 0. The summed E-state index contributed by atoms with van der Waals surface area (Å²) in [4.78, 5) is 52.8. The van der Waals surface area contributed by atoms with Crippen LogP contribution in [0, 0.1) is 11.6 Å². The van der Waals surface area contributed by atoms with Crippen LogP contribution in [0.25, 0.3) is 16.5 Å². The van der Waals surface area contributed by atoms with Crippen molar-refractivity contribution in [2.45, 2.75) is 100 Å². The number of carbonyl (C=O) groups is 2. The topological polar surface area (TPSA) is 107 Å². The van der Waals surface area contributed by atoms with Gasteiger partial charge in [0.1, 0.15) is 47.3 Å². The van der Waals surface area contributed by atoms with Crippen LogP contribution in [0.15, 0.2) is 122 Å². The number of piperazine rings is 1. The van der Waals surface area contributed by atoms with Crippen molar-refractivity contribution in [2.75, 3.05) is 44.2 Å². The van der Waals surface area contributed by atoms with Crippen molar-refractivity contribution >= 4 is 34.3 Å². The third-order valence-electron chi connectivity index (χ3n) is 15.7. The van der Waals surface area contributed by atoms with Gasteiger partial charge in [-0.05, 0) is 81.3 Å². The summed E-state index contributed by atoms with van der Waals surface area (Å²) in [7, 11) is 0. The van der Waals surface area contributed by atoms with Crippen LogP contribution < -0.4 is 9.64 Å². The van der Waals surface area contributed by atoms with Crippen LogP contribution >= 0.6 is 0 Å². The highest BCUT2D eigenvalue weighted by atomic mass is 19.1. The first-order valence-corrected chi connectivity index (χ1v) is 25.2. The van der Waals surface area contributed by atoms with Crippen LogP contribution in [0.3, 0.4) is 0 Å². The number of aromatic nitrogens is 3. The number of alkyl halides is 1. The maximum atomic E-state index is 18.0. The lowest BCUT2D eigenvalue weighted by Crippen LogP contribution is -2.57. The van der Waals surface area contributed by atoms with Gasteiger partial charge < -0.3 is 19.3 Å². The molecule has 5 saturated heterocycles. The molecule has 2 bridgehead atoms. The van der Waals surface area contributed by atoms with Gasteiger partial charge in [-0.2, -0.15) is 9.97 Å². The summed E-state index contributed by atoms with van der Waals surface area (Å²) in [6.07, 6.45) is 5.19. The highest BCUT2D eigenvalue weighted by Crippen LogP contribution is 2.50. The van der Waals surface area contributed by atoms with Crippen LogP contribution in [0.2, 0.25) is 0 Å². The van der Waals surface area contributed by atoms with E-state index in [-0.39, 0.29) is 65.6 Å². The average molecular weight is 975 g/mol. The summed E-state index contributed by atoms with van der Waals surface area (Å²) in [5, 5.41) is 0.310. The molecular formula is C57H57F3N8O4. The fourth-order valence-electron chi connectivity index (χ4n) is 12.6. The number of amides is 2. The Kier molecular flexibility index (Phi) is 11.4. The Labute approximate surface area is 417 Å². The van der Waals surface area contributed by atoms with E-state index in [9.17, 15) is 9.18 Å². The van der Waals surface area contributed by atoms with Gasteiger partial charge in [-0.3, -0.25) is 24.5 Å². The van der Waals surface area contributed by atoms with E-state index in [0.29, 0.717) is 49.4 Å². The zero-order valence-electron chi connectivity index (χ0n) is 40.7. The molecule has 0 radical (unpaired) electrons. The van der Waals surface area contributed by atoms with Gasteiger partial charge in [0.25, 0.3) is 0 Å². The van der Waals surface area contributed by atoms with Gasteiger partial charge in [0, 0.05) is 56.1 Å². The highest BCUT2D eigenvalue weighted by Gasteiger charge is 2.57. The van der Waals surface area contributed by atoms with Crippen molar-refractivity contribution in [3.63, 3.8) is 0 Å². The lowest BCUT2D eigenvalue weighted by molar-refractivity contribution is -0.129. The number of hydrogen-bond donors (Lipinski definition) is 0. The van der Waals surface area contributed by atoms with E-state index in [4.69, 9.17) is 24.4 Å². The van der Waals surface area contributed by atoms with Crippen molar-refractivity contribution in [3.05, 3.63) is 167 Å². The molecule has 6 aliphatic rings. The van der Waals surface area contributed by atoms with Gasteiger partial charge in [-0.15, -0.1) is 0 Å². The molecule has 72 heavy (non-hydrogen) atoms. The van der Waals surface area contributed by atoms with Crippen LogP contribution in [-0.2, 0) is 21.6 Å². The third kappa shape index (κ3) is 7.86. The summed E-state index contributed by atoms with van der Waals surface area (Å²) in [6, 6.07) is 34.1. The van der Waals surface area contributed by atoms with Gasteiger partial charge in [0.2, 0.25) is 5.91 Å². The normalized spacial score (nSPS) is 24.8. The molecule has 0 saturated carbocycles. The molecule has 6 atom stereocenters. The Hall–Kier alpha value is -6.84. The number of hydrogen-bond acceptors (Lipinski definition) is 10. The Bertz CT molecular complexity index is 2990. The van der Waals surface area contributed by atoms with Crippen LogP contribution in [-0.4, -0.2) is 121 Å². The van der Waals surface area contributed by atoms with Crippen LogP contribution in [0.4, 0.5) is 23.8 Å². The summed E-state index contributed by atoms with van der Waals surface area (Å²) in [5.41, 5.74) is 1.45. The number of anilines is 1. The van der Waals surface area contributed by atoms with E-state index in [2.05, 4.69) is 46.2 Å². The minimum Gasteiger partial charge on any atom is -0.461 e. The Morgan fingerprint density at radius 1 is 0.806 bits per heavy atom. The van der Waals surface area contributed by atoms with Gasteiger partial charge in [-0.1, -0.05) is 103 Å². The summed E-state index contributed by atoms with van der Waals surface area (Å²) in [5.74, 6) is -1.25. The van der Waals surface area contributed by atoms with E-state index in [1.807, 2.05) is 85.2 Å². The average Bonchev–Trinajstić information content (AvgIpc) is 3.88. The Morgan fingerprint density at radius 3 is 2.10 bits per heavy atom. The molecular weight excluding hydrogens is 918 g/mol. The van der Waals surface area contributed by atoms with E-state index in [1.165, 1.54) is 18.5 Å². The SMILES string of the molecule is CC(C)(C)OC(=O)N1C2CCC1CN(c1nc(OC[C@@]34CCCN3C[C@H](F)C4)nc3c(F)c(C4=CN(C(=O)[C@H]5CN5C(c5ccccc5)(c5ccccc5)c5ccccc5)Cc5cccc(F)c54)ncc13)C2. The number of benzene rings is 4. The molecule has 0 aliphatic carbocycles. The van der Waals surface area contributed by atoms with Crippen LogP contribution in [0.5, 0.6) is 6.01 Å². The predicted molar refractivity (Wildman–Crippen MR) is 267 cm³/mol. The number of pyridine rings is 1. The summed E-state index contributed by atoms with van der Waals surface area (Å²) in [6.45, 7) is 8.03. The maximum absolute atomic E-state index is 18.0. The fraction of sp³-hybridized carbons (Fsp3) is 0.386. The standard InChI is InChI=1S/C57H57F3N8O4/c1-55(2,3)72-54(70)68-41-23-24-42(68)32-64(31-41)51-43-28-61-49(48(60)50(43)62-53(63-51)71-35-56-25-14-26-66(56)30-40(58)27-56)44-33-65(29-36-15-13-22-45(59)47(36)44)52(69)46-34-67(46)57(37-16-7-4-8-17-37,38-18-9-5-10-19-38)39-20-11-6-12-21-39/h4-13,15-22,28,33,40-42,46H,14,23-27,29-32,34-35H2,1-3H3/t40-,41?,42?,46-,56+,67?/m1/s1. The number of fused-ring (bicyclic) bond motifs is 5. The molecule has 6 aliphatic heterocycles. The van der Waals surface area contributed by atoms with Crippen molar-refractivity contribution in [3.8, 4) is 6.01 Å². The first-order chi connectivity index (χ1) is 34.8. The molecule has 4 aromatic carbocycles. The van der Waals surface area contributed by atoms with E-state index in [0.717, 1.165) is 48.9 Å². The first-order valence-electron chi connectivity index (χ1n) is 25.2. The van der Waals surface area contributed by atoms with Crippen LogP contribution in [0.1, 0.15) is 86.4 Å². The van der Waals surface area contributed by atoms with Gasteiger partial charge in [0.15, 0.2) is 5.82 Å². The molecule has 370 valence electrons. The smallest absolute Gasteiger partial charge is 0.410 e. The van der Waals surface area contributed by atoms with Gasteiger partial charge in [-0.25, -0.2) is 18.0 Å². The fourth-order valence-corrected chi connectivity index (χ4v) is 12.6. The number of halogens is 3. The molecule has 15 heteroatoms. The molecule has 6 aromatic rings. The maximum Gasteiger partial charge on any atom is 0.410 e. The quantitative estimate of drug-likeness (QED) is 0.0975. The molecule has 0 spiro atoms. The van der Waals surface area contributed by atoms with E-state index in [1.54, 1.807) is 17.0 Å². The molecule has 3 unspecified atom stereocenters. The van der Waals surface area contributed by atoms with Crippen molar-refractivity contribution < 1.29 is 32.2 Å². The second-order valence-electron chi connectivity index (χ2n) is 21.3. The Balaban J connectivity index is 0.931. The lowest BCUT2D eigenvalue weighted by atomic mass is 9.76. The summed E-state index contributed by atoms with van der Waals surface area (Å²) < 4.78 is 61.4. The second-order valence-corrected chi connectivity index (χ2v) is 21.3. The third-order valence-corrected chi connectivity index (χ3v) is 15.7. The molecule has 12 nitrogen and oxygen atoms in total. The number of carbonyl (C=O) groups excluding carboxylic acids is 2. The molecule has 2 amide bonds. The zero-order chi connectivity index (χ0) is 49.5. The minimum absolute atomic E-state index is 0.0599. The molecule has 2 aromatic heterocycles. The molecule has 0 N–H and O–H groups in total. The largest absolute Gasteiger partial charge is 0.461 e. The van der Waals surface area contributed by atoms with Crippen molar-refractivity contribution in [1.82, 2.24) is 34.6 Å². The van der Waals surface area contributed by atoms with Gasteiger partial charge in [0.05, 0.1) is 35.1 Å². The van der Waals surface area contributed by atoms with Crippen molar-refractivity contribution in [1.29, 1.82) is 0 Å². The number of ether oxygens (including phenoxy) is 2. The predicted octanol–water partition coefficient (Wildman–Crippen LogP) is 9.25. The monoisotopic (exact) mass is 974 g/mol.